The van der Waals surface area contributed by atoms with Gasteiger partial charge in [-0.2, -0.15) is 0 Å². The number of aryl methyl sites for hydroxylation is 1. The summed E-state index contributed by atoms with van der Waals surface area (Å²) in [5, 5.41) is 3.68. The van der Waals surface area contributed by atoms with Crippen molar-refractivity contribution < 1.29 is 14.4 Å². The molecule has 4 amide bonds. The number of nitrogens with one attached hydrogen (secondary N) is 2. The zero-order chi connectivity index (χ0) is 16.7. The average Bonchev–Trinajstić information content (AvgIpc) is 2.46. The number of imide groups is 2. The Morgan fingerprint density at radius 2 is 1.78 bits per heavy atom. The molecule has 8 nitrogen and oxygen atoms in total. The van der Waals surface area contributed by atoms with E-state index in [-0.39, 0.29) is 10.7 Å². The highest BCUT2D eigenvalue weighted by Crippen LogP contribution is 2.16. The molecule has 2 aromatic rings. The van der Waals surface area contributed by atoms with Gasteiger partial charge in [-0.15, -0.1) is 0 Å². The van der Waals surface area contributed by atoms with Gasteiger partial charge in [-0.05, 0) is 24.6 Å². The number of carbonyl (C=O) groups is 3. The van der Waals surface area contributed by atoms with Crippen molar-refractivity contribution in [2.75, 3.05) is 0 Å². The van der Waals surface area contributed by atoms with Crippen LogP contribution >= 0.6 is 11.6 Å². The Labute approximate surface area is 133 Å². The smallest absolute Gasteiger partial charge is 0.273 e. The highest BCUT2D eigenvalue weighted by Gasteiger charge is 2.28. The van der Waals surface area contributed by atoms with E-state index in [1.165, 1.54) is 4.40 Å². The fraction of sp³-hybridized carbons (Fsp3) is 0.0714. The van der Waals surface area contributed by atoms with Gasteiger partial charge in [-0.1, -0.05) is 17.7 Å². The minimum Gasteiger partial charge on any atom is -0.273 e. The van der Waals surface area contributed by atoms with Gasteiger partial charge in [-0.3, -0.25) is 29.4 Å². The first kappa shape index (κ1) is 14.9. The Morgan fingerprint density at radius 3 is 2.43 bits per heavy atom. The van der Waals surface area contributed by atoms with Crippen molar-refractivity contribution in [3.63, 3.8) is 0 Å². The van der Waals surface area contributed by atoms with Gasteiger partial charge in [0.15, 0.2) is 0 Å². The third-order valence-electron chi connectivity index (χ3n) is 3.19. The number of barbiturate groups is 1. The Morgan fingerprint density at radius 1 is 1.13 bits per heavy atom. The summed E-state index contributed by atoms with van der Waals surface area (Å²) < 4.78 is 1.26. The van der Waals surface area contributed by atoms with Gasteiger partial charge in [0.2, 0.25) is 0 Å². The van der Waals surface area contributed by atoms with Crippen molar-refractivity contribution >= 4 is 41.2 Å². The van der Waals surface area contributed by atoms with Gasteiger partial charge >= 0.3 is 6.03 Å². The van der Waals surface area contributed by atoms with Gasteiger partial charge in [0.1, 0.15) is 16.4 Å². The maximum absolute atomic E-state index is 12.5. The number of carbonyl (C=O) groups excluding carboxylic acids is 3. The van der Waals surface area contributed by atoms with Crippen LogP contribution in [0.5, 0.6) is 0 Å². The maximum Gasteiger partial charge on any atom is 0.328 e. The van der Waals surface area contributed by atoms with Crippen LogP contribution in [-0.4, -0.2) is 27.2 Å². The average molecular weight is 333 g/mol. The van der Waals surface area contributed by atoms with E-state index in [1.54, 1.807) is 25.3 Å². The van der Waals surface area contributed by atoms with E-state index in [9.17, 15) is 19.2 Å². The van der Waals surface area contributed by atoms with Crippen LogP contribution in [0.4, 0.5) is 4.79 Å². The van der Waals surface area contributed by atoms with E-state index in [0.29, 0.717) is 5.65 Å². The van der Waals surface area contributed by atoms with Crippen LogP contribution in [0.15, 0.2) is 28.7 Å². The minimum atomic E-state index is -0.924. The number of urea groups is 1. The van der Waals surface area contributed by atoms with E-state index in [0.717, 1.165) is 11.6 Å². The SMILES string of the molecule is Cc1ccc2nc(Cl)c(C=C3C(=O)NC(=O)NC3=O)c(=O)n2c1. The van der Waals surface area contributed by atoms with Crippen LogP contribution in [0.2, 0.25) is 5.15 Å². The molecule has 0 saturated carbocycles. The number of pyridine rings is 1. The molecule has 9 heteroatoms. The van der Waals surface area contributed by atoms with Gasteiger partial charge in [0.25, 0.3) is 17.4 Å². The zero-order valence-corrected chi connectivity index (χ0v) is 12.5. The highest BCUT2D eigenvalue weighted by molar-refractivity contribution is 6.33. The van der Waals surface area contributed by atoms with Crippen LogP contribution in [0.1, 0.15) is 11.1 Å². The second-order valence-corrected chi connectivity index (χ2v) is 5.21. The molecule has 23 heavy (non-hydrogen) atoms. The van der Waals surface area contributed by atoms with Crippen LogP contribution in [0, 0.1) is 6.92 Å². The highest BCUT2D eigenvalue weighted by atomic mass is 35.5. The molecule has 0 radical (unpaired) electrons. The molecular weight excluding hydrogens is 324 g/mol. The first-order valence-corrected chi connectivity index (χ1v) is 6.81. The summed E-state index contributed by atoms with van der Waals surface area (Å²) in [6.07, 6.45) is 2.58. The van der Waals surface area contributed by atoms with Gasteiger partial charge in [0, 0.05) is 6.20 Å². The van der Waals surface area contributed by atoms with Crippen molar-refractivity contribution in [2.24, 2.45) is 0 Å². The fourth-order valence-electron chi connectivity index (χ4n) is 2.10. The molecule has 1 aliphatic heterocycles. The molecule has 2 aromatic heterocycles. The first-order valence-electron chi connectivity index (χ1n) is 6.43. The van der Waals surface area contributed by atoms with Crippen LogP contribution in [0.3, 0.4) is 0 Å². The second-order valence-electron chi connectivity index (χ2n) is 4.85. The molecule has 1 aliphatic rings. The zero-order valence-electron chi connectivity index (χ0n) is 11.7. The predicted molar refractivity (Wildman–Crippen MR) is 80.9 cm³/mol. The number of rotatable bonds is 1. The summed E-state index contributed by atoms with van der Waals surface area (Å²) in [6.45, 7) is 1.80. The molecule has 0 spiro atoms. The number of aromatic nitrogens is 2. The third kappa shape index (κ3) is 2.59. The van der Waals surface area contributed by atoms with Crippen molar-refractivity contribution in [2.45, 2.75) is 6.92 Å². The topological polar surface area (TPSA) is 110 Å². The summed E-state index contributed by atoms with van der Waals surface area (Å²) in [7, 11) is 0. The Balaban J connectivity index is 2.22. The quantitative estimate of drug-likeness (QED) is 0.446. The molecule has 1 saturated heterocycles. The number of hydrogen-bond acceptors (Lipinski definition) is 5. The van der Waals surface area contributed by atoms with Crippen LogP contribution in [0.25, 0.3) is 11.7 Å². The Kier molecular flexibility index (Phi) is 3.45. The lowest BCUT2D eigenvalue weighted by molar-refractivity contribution is -0.123. The number of halogens is 1. The number of hydrogen-bond donors (Lipinski definition) is 2. The lowest BCUT2D eigenvalue weighted by Crippen LogP contribution is -2.51. The van der Waals surface area contributed by atoms with Crippen molar-refractivity contribution in [3.05, 3.63) is 50.5 Å². The number of nitrogens with zero attached hydrogens (tertiary/aromatic N) is 2. The first-order chi connectivity index (χ1) is 10.9. The monoisotopic (exact) mass is 332 g/mol. The summed E-state index contributed by atoms with van der Waals surface area (Å²) in [4.78, 5) is 51.1. The molecule has 3 heterocycles. The van der Waals surface area contributed by atoms with Crippen molar-refractivity contribution in [3.8, 4) is 0 Å². The molecule has 0 aromatic carbocycles. The Bertz CT molecular complexity index is 955. The van der Waals surface area contributed by atoms with E-state index in [4.69, 9.17) is 11.6 Å². The molecule has 2 N–H and O–H groups in total. The van der Waals surface area contributed by atoms with E-state index < -0.39 is 29.0 Å². The summed E-state index contributed by atoms with van der Waals surface area (Å²) in [6, 6.07) is 2.47. The summed E-state index contributed by atoms with van der Waals surface area (Å²) >= 11 is 5.99. The molecule has 1 fully saturated rings. The van der Waals surface area contributed by atoms with E-state index >= 15 is 0 Å². The van der Waals surface area contributed by atoms with Gasteiger partial charge < -0.3 is 0 Å². The second kappa shape index (κ2) is 5.33. The van der Waals surface area contributed by atoms with Crippen LogP contribution < -0.4 is 16.2 Å². The molecule has 0 aliphatic carbocycles. The molecule has 3 rings (SSSR count). The minimum absolute atomic E-state index is 0.121. The Hall–Kier alpha value is -3.00. The molecule has 0 unspecified atom stereocenters. The van der Waals surface area contributed by atoms with E-state index in [1.807, 2.05) is 10.6 Å². The molecular formula is C14H9ClN4O4. The van der Waals surface area contributed by atoms with Gasteiger partial charge in [-0.25, -0.2) is 9.78 Å². The largest absolute Gasteiger partial charge is 0.328 e. The third-order valence-corrected chi connectivity index (χ3v) is 3.48. The van der Waals surface area contributed by atoms with Crippen LogP contribution in [-0.2, 0) is 9.59 Å². The normalized spacial score (nSPS) is 14.7. The molecule has 0 atom stereocenters. The molecule has 0 bridgehead atoms. The fourth-order valence-corrected chi connectivity index (χ4v) is 2.33. The van der Waals surface area contributed by atoms with Gasteiger partial charge in [0.05, 0.1) is 5.56 Å². The van der Waals surface area contributed by atoms with Crippen molar-refractivity contribution in [1.82, 2.24) is 20.0 Å². The lowest BCUT2D eigenvalue weighted by Gasteiger charge is -2.14. The number of amides is 4. The molecule has 116 valence electrons. The van der Waals surface area contributed by atoms with E-state index in [2.05, 4.69) is 4.98 Å². The maximum atomic E-state index is 12.5. The number of fused-ring (bicyclic) bond motifs is 1. The summed E-state index contributed by atoms with van der Waals surface area (Å²) in [5.41, 5.74) is 0.0951. The van der Waals surface area contributed by atoms with Crippen molar-refractivity contribution in [1.29, 1.82) is 0 Å². The summed E-state index contributed by atoms with van der Waals surface area (Å²) in [5.74, 6) is -1.83. The standard InChI is InChI=1S/C14H9ClN4O4/c1-6-2-3-9-16-10(15)7(13(22)19(9)5-6)4-8-11(20)17-14(23)18-12(8)21/h2-5H,1H3,(H2,17,18,20,21,23). The lowest BCUT2D eigenvalue weighted by atomic mass is 10.1. The predicted octanol–water partition coefficient (Wildman–Crippen LogP) is 0.406.